The molecular weight excluding hydrogens is 424 g/mol. The lowest BCUT2D eigenvalue weighted by molar-refractivity contribution is -0.117. The average Bonchev–Trinajstić information content (AvgIpc) is 3.16. The van der Waals surface area contributed by atoms with Gasteiger partial charge in [-0.25, -0.2) is 4.68 Å². The highest BCUT2D eigenvalue weighted by Crippen LogP contribution is 2.41. The molecule has 0 saturated carbocycles. The lowest BCUT2D eigenvalue weighted by Crippen LogP contribution is -2.29. The molecule has 2 heterocycles. The number of nitrogens with one attached hydrogen (secondary N) is 1. The average molecular weight is 443 g/mol. The molecule has 1 amide bonds. The predicted molar refractivity (Wildman–Crippen MR) is 107 cm³/mol. The van der Waals surface area contributed by atoms with Crippen LogP contribution >= 0.6 is 15.9 Å². The van der Waals surface area contributed by atoms with Crippen LogP contribution in [0.5, 0.6) is 11.5 Å². The van der Waals surface area contributed by atoms with E-state index in [-0.39, 0.29) is 18.4 Å². The Morgan fingerprint density at radius 2 is 2.07 bits per heavy atom. The Balaban J connectivity index is 1.66. The number of hydrogen-bond acceptors (Lipinski definition) is 5. The highest BCUT2D eigenvalue weighted by Gasteiger charge is 2.29. The highest BCUT2D eigenvalue weighted by atomic mass is 79.9. The van der Waals surface area contributed by atoms with E-state index in [1.807, 2.05) is 49.4 Å². The summed E-state index contributed by atoms with van der Waals surface area (Å²) in [6.45, 7) is 2.85. The fraction of sp³-hybridized carbons (Fsp3) is 0.250. The number of anilines is 1. The van der Waals surface area contributed by atoms with E-state index >= 15 is 0 Å². The van der Waals surface area contributed by atoms with Gasteiger partial charge in [-0.05, 0) is 46.1 Å². The molecule has 144 valence electrons. The molecule has 2 aromatic carbocycles. The molecule has 0 fully saturated rings. The second kappa shape index (κ2) is 8.02. The fourth-order valence-electron chi connectivity index (χ4n) is 3.18. The van der Waals surface area contributed by atoms with Gasteiger partial charge in [0.25, 0.3) is 0 Å². The quantitative estimate of drug-likeness (QED) is 0.624. The third kappa shape index (κ3) is 3.73. The molecule has 0 bridgehead atoms. The Morgan fingerprint density at radius 3 is 2.86 bits per heavy atom. The first-order valence-electron chi connectivity index (χ1n) is 8.98. The molecule has 0 aliphatic carbocycles. The summed E-state index contributed by atoms with van der Waals surface area (Å²) in [6.07, 6.45) is 1.71. The number of halogens is 1. The van der Waals surface area contributed by atoms with E-state index in [1.165, 1.54) is 6.33 Å². The van der Waals surface area contributed by atoms with Gasteiger partial charge in [-0.1, -0.05) is 30.3 Å². The Kier molecular flexibility index (Phi) is 5.29. The predicted octanol–water partition coefficient (Wildman–Crippen LogP) is 3.95. The Hall–Kier alpha value is -2.87. The van der Waals surface area contributed by atoms with Crippen LogP contribution in [0.1, 0.15) is 30.5 Å². The molecule has 3 aromatic rings. The number of carbonyl (C=O) groups is 1. The maximum absolute atomic E-state index is 12.1. The van der Waals surface area contributed by atoms with Crippen molar-refractivity contribution in [3.05, 3.63) is 64.4 Å². The molecule has 28 heavy (non-hydrogen) atoms. The minimum atomic E-state index is -0.259. The van der Waals surface area contributed by atoms with E-state index in [0.29, 0.717) is 30.7 Å². The summed E-state index contributed by atoms with van der Waals surface area (Å²) in [5, 5.41) is 6.98. The number of fused-ring (bicyclic) bond motifs is 1. The lowest BCUT2D eigenvalue weighted by Gasteiger charge is -2.25. The summed E-state index contributed by atoms with van der Waals surface area (Å²) in [5.74, 6) is 1.60. The monoisotopic (exact) mass is 442 g/mol. The van der Waals surface area contributed by atoms with E-state index in [4.69, 9.17) is 9.47 Å². The van der Waals surface area contributed by atoms with Crippen LogP contribution in [-0.2, 0) is 11.4 Å². The Bertz CT molecular complexity index is 990. The van der Waals surface area contributed by atoms with Gasteiger partial charge in [0.05, 0.1) is 23.5 Å². The maximum Gasteiger partial charge on any atom is 0.229 e. The van der Waals surface area contributed by atoms with Gasteiger partial charge < -0.3 is 9.47 Å². The van der Waals surface area contributed by atoms with Crippen LogP contribution in [-0.4, -0.2) is 27.3 Å². The van der Waals surface area contributed by atoms with Gasteiger partial charge in [0.1, 0.15) is 12.9 Å². The Labute approximate surface area is 170 Å². The zero-order valence-corrected chi connectivity index (χ0v) is 16.8. The largest absolute Gasteiger partial charge is 0.490 e. The number of nitrogens with zero attached hydrogens (tertiary/aromatic N) is 3. The van der Waals surface area contributed by atoms with Gasteiger partial charge in [0, 0.05) is 0 Å². The van der Waals surface area contributed by atoms with E-state index in [9.17, 15) is 4.79 Å². The molecule has 1 aromatic heterocycles. The molecular formula is C20H19BrN4O3. The summed E-state index contributed by atoms with van der Waals surface area (Å²) in [4.78, 5) is 16.2. The fourth-order valence-corrected chi connectivity index (χ4v) is 3.75. The number of hydrogen-bond donors (Lipinski definition) is 1. The summed E-state index contributed by atoms with van der Waals surface area (Å²) in [6, 6.07) is 13.5. The third-order valence-electron chi connectivity index (χ3n) is 4.44. The molecule has 0 saturated heterocycles. The Morgan fingerprint density at radius 1 is 1.25 bits per heavy atom. The molecule has 4 rings (SSSR count). The van der Waals surface area contributed by atoms with Crippen molar-refractivity contribution in [2.75, 3.05) is 11.9 Å². The molecule has 1 N–H and O–H groups in total. The number of benzene rings is 2. The van der Waals surface area contributed by atoms with Gasteiger partial charge in [-0.3, -0.25) is 10.1 Å². The SMILES string of the molecule is CCOc1cc([C@H]2CC(=O)Nc3ncnn32)cc(Br)c1OCc1ccccc1. The van der Waals surface area contributed by atoms with Gasteiger partial charge >= 0.3 is 0 Å². The van der Waals surface area contributed by atoms with Crippen molar-refractivity contribution in [3.63, 3.8) is 0 Å². The molecule has 7 nitrogen and oxygen atoms in total. The minimum Gasteiger partial charge on any atom is -0.490 e. The van der Waals surface area contributed by atoms with E-state index in [0.717, 1.165) is 15.6 Å². The lowest BCUT2D eigenvalue weighted by atomic mass is 10.0. The maximum atomic E-state index is 12.1. The number of carbonyl (C=O) groups excluding carboxylic acids is 1. The van der Waals surface area contributed by atoms with Crippen LogP contribution in [0.4, 0.5) is 5.95 Å². The topological polar surface area (TPSA) is 78.3 Å². The van der Waals surface area contributed by atoms with Crippen LogP contribution in [0.25, 0.3) is 0 Å². The van der Waals surface area contributed by atoms with Crippen molar-refractivity contribution in [2.45, 2.75) is 26.0 Å². The first-order chi connectivity index (χ1) is 13.7. The standard InChI is InChI=1S/C20H19BrN4O3/c1-2-27-17-9-14(16-10-18(26)24-20-22-12-23-25(16)20)8-15(21)19(17)28-11-13-6-4-3-5-7-13/h3-9,12,16H,2,10-11H2,1H3,(H,22,23,24,26)/t16-/m1/s1. The van der Waals surface area contributed by atoms with Crippen molar-refractivity contribution >= 4 is 27.8 Å². The number of amides is 1. The van der Waals surface area contributed by atoms with Crippen molar-refractivity contribution in [2.24, 2.45) is 0 Å². The van der Waals surface area contributed by atoms with Crippen LogP contribution < -0.4 is 14.8 Å². The van der Waals surface area contributed by atoms with Crippen molar-refractivity contribution < 1.29 is 14.3 Å². The van der Waals surface area contributed by atoms with Gasteiger partial charge in [-0.2, -0.15) is 10.1 Å². The number of ether oxygens (including phenoxy) is 2. The smallest absolute Gasteiger partial charge is 0.229 e. The van der Waals surface area contributed by atoms with Crippen LogP contribution in [0.3, 0.4) is 0 Å². The van der Waals surface area contributed by atoms with E-state index in [1.54, 1.807) is 4.68 Å². The van der Waals surface area contributed by atoms with Crippen LogP contribution in [0, 0.1) is 0 Å². The number of rotatable bonds is 6. The molecule has 1 aliphatic rings. The molecule has 8 heteroatoms. The van der Waals surface area contributed by atoms with Crippen LogP contribution in [0.15, 0.2) is 53.3 Å². The van der Waals surface area contributed by atoms with Crippen molar-refractivity contribution in [3.8, 4) is 11.5 Å². The van der Waals surface area contributed by atoms with E-state index < -0.39 is 0 Å². The first kappa shape index (κ1) is 18.5. The summed E-state index contributed by atoms with van der Waals surface area (Å²) in [7, 11) is 0. The summed E-state index contributed by atoms with van der Waals surface area (Å²) < 4.78 is 14.3. The third-order valence-corrected chi connectivity index (χ3v) is 5.03. The van der Waals surface area contributed by atoms with Crippen LogP contribution in [0.2, 0.25) is 0 Å². The zero-order chi connectivity index (χ0) is 19.5. The second-order valence-electron chi connectivity index (χ2n) is 6.33. The highest BCUT2D eigenvalue weighted by molar-refractivity contribution is 9.10. The zero-order valence-electron chi connectivity index (χ0n) is 15.3. The molecule has 1 atom stereocenters. The van der Waals surface area contributed by atoms with Gasteiger partial charge in [-0.15, -0.1) is 0 Å². The summed E-state index contributed by atoms with van der Waals surface area (Å²) in [5.41, 5.74) is 1.96. The van der Waals surface area contributed by atoms with Gasteiger partial charge in [0.2, 0.25) is 11.9 Å². The summed E-state index contributed by atoms with van der Waals surface area (Å²) >= 11 is 3.60. The number of aromatic nitrogens is 3. The van der Waals surface area contributed by atoms with Crippen molar-refractivity contribution in [1.29, 1.82) is 0 Å². The normalized spacial score (nSPS) is 15.6. The minimum absolute atomic E-state index is 0.0935. The van der Waals surface area contributed by atoms with Gasteiger partial charge in [0.15, 0.2) is 11.5 Å². The second-order valence-corrected chi connectivity index (χ2v) is 7.19. The molecule has 0 spiro atoms. The van der Waals surface area contributed by atoms with E-state index in [2.05, 4.69) is 31.3 Å². The van der Waals surface area contributed by atoms with Crippen molar-refractivity contribution in [1.82, 2.24) is 14.8 Å². The molecule has 0 unspecified atom stereocenters. The first-order valence-corrected chi connectivity index (χ1v) is 9.77. The molecule has 1 aliphatic heterocycles. The molecule has 0 radical (unpaired) electrons.